The summed E-state index contributed by atoms with van der Waals surface area (Å²) in [6.07, 6.45) is 23.6. The smallest absolute Gasteiger partial charge is 0.550 e. The molecule has 9 N–H and O–H groups in total. The van der Waals surface area contributed by atoms with E-state index in [9.17, 15) is 66.9 Å². The van der Waals surface area contributed by atoms with Gasteiger partial charge in [0.25, 0.3) is 0 Å². The largest absolute Gasteiger partial charge is 1.00 e. The van der Waals surface area contributed by atoms with E-state index in [1.807, 2.05) is 47.8 Å². The zero-order valence-corrected chi connectivity index (χ0v) is 65.3. The zero-order valence-electron chi connectivity index (χ0n) is 62.9. The number of hydrogen-bond acceptors (Lipinski definition) is 29. The minimum atomic E-state index is -1.40. The number of aryl methyl sites for hydroxylation is 2. The van der Waals surface area contributed by atoms with Crippen LogP contribution in [0.2, 0.25) is 0 Å². The molecule has 34 nitrogen and oxygen atoms in total. The quantitative estimate of drug-likeness (QED) is 0.0179. The molecule has 0 spiro atoms. The summed E-state index contributed by atoms with van der Waals surface area (Å²) < 4.78 is 54.3. The first kappa shape index (κ1) is 93.9. The molecule has 0 bridgehead atoms. The number of carboxylic acid groups (broad SMARTS) is 2. The van der Waals surface area contributed by atoms with Crippen LogP contribution in [0.15, 0.2) is 220 Å². The molecule has 2 aromatic carbocycles. The fraction of sp³-hybridized carbons (Fsp3) is 0.118. The number of nitrogens with one attached hydrogen (secondary N) is 5. The van der Waals surface area contributed by atoms with Crippen LogP contribution in [-0.4, -0.2) is 127 Å². The SMILES string of the molecule is COC(=O)CC(=O)Cl.COC(=O)CC(=O)Nc1ccncc1.Cn1ccnc1-c1cc2nccc(Oc3ccc(N)cc3F)c2s1.Cn1ccnc1-c1cc2nccc(Oc3ccc(NC(=O)CC(=O)Nc4ccncc4)cc3F)c2s1.Nc1ccncc1.O=C([O-])CC(=O)Nc1ccncc1.O=C([O-])CC(=O)Nc1ccncc1.[Li+].[Li+]. The van der Waals surface area contributed by atoms with Crippen molar-refractivity contribution in [3.05, 3.63) is 232 Å². The van der Waals surface area contributed by atoms with Gasteiger partial charge in [-0.2, -0.15) is 0 Å². The Morgan fingerprint density at radius 1 is 0.402 bits per heavy atom. The molecule has 41 heteroatoms. The molecule has 0 unspecified atom stereocenters. The Morgan fingerprint density at radius 2 is 0.744 bits per heavy atom. The van der Waals surface area contributed by atoms with Crippen LogP contribution in [0.5, 0.6) is 23.0 Å². The third-order valence-corrected chi connectivity index (χ3v) is 16.4. The van der Waals surface area contributed by atoms with E-state index in [-0.39, 0.29) is 67.7 Å². The number of anilines is 7. The maximum atomic E-state index is 14.8. The summed E-state index contributed by atoms with van der Waals surface area (Å²) in [5.41, 5.74) is 15.9. The number of aliphatic carboxylic acids is 2. The van der Waals surface area contributed by atoms with Gasteiger partial charge in [0, 0.05) is 177 Å². The average Bonchev–Trinajstić information content (AvgIpc) is 1.65. The molecular formula is C76H67ClF2Li2N18O16S2. The number of nitrogens with zero attached hydrogens (tertiary/aromatic N) is 11. The number of thiophene rings is 2. The van der Waals surface area contributed by atoms with E-state index in [1.165, 1.54) is 98.3 Å². The Hall–Kier alpha value is -13.7. The number of pyridine rings is 7. The fourth-order valence-corrected chi connectivity index (χ4v) is 11.2. The molecule has 0 aliphatic heterocycles. The summed E-state index contributed by atoms with van der Waals surface area (Å²) in [7, 11) is 6.27. The topological polar surface area (TPSA) is 492 Å². The van der Waals surface area contributed by atoms with E-state index in [1.54, 1.807) is 128 Å². The number of benzene rings is 2. The second-order valence-corrected chi connectivity index (χ2v) is 25.2. The number of imidazole rings is 2. The van der Waals surface area contributed by atoms with Crippen LogP contribution in [0, 0.1) is 11.6 Å². The second-order valence-electron chi connectivity index (χ2n) is 22.6. The number of nitrogens with two attached hydrogens (primary N) is 2. The molecule has 592 valence electrons. The Kier molecular flexibility index (Phi) is 39.3. The number of fused-ring (bicyclic) bond motifs is 2. The number of amides is 5. The minimum Gasteiger partial charge on any atom is -0.550 e. The number of halogens is 3. The number of esters is 2. The number of aromatic nitrogens is 11. The number of rotatable bonds is 21. The first-order valence-electron chi connectivity index (χ1n) is 33.1. The van der Waals surface area contributed by atoms with Gasteiger partial charge in [-0.05, 0) is 109 Å². The number of carbonyl (C=O) groups excluding carboxylic acids is 10. The predicted molar refractivity (Wildman–Crippen MR) is 418 cm³/mol. The summed E-state index contributed by atoms with van der Waals surface area (Å²) >= 11 is 7.76. The van der Waals surface area contributed by atoms with Gasteiger partial charge in [-0.1, -0.05) is 0 Å². The molecule has 13 rings (SSSR count). The molecule has 0 radical (unpaired) electrons. The van der Waals surface area contributed by atoms with Crippen molar-refractivity contribution in [3.8, 4) is 44.4 Å². The molecule has 117 heavy (non-hydrogen) atoms. The molecule has 0 atom stereocenters. The van der Waals surface area contributed by atoms with Crippen LogP contribution < -0.4 is 95.5 Å². The van der Waals surface area contributed by atoms with Crippen LogP contribution >= 0.6 is 34.3 Å². The molecule has 0 aliphatic carbocycles. The summed E-state index contributed by atoms with van der Waals surface area (Å²) in [5, 5.41) is 31.7. The van der Waals surface area contributed by atoms with Crippen LogP contribution in [0.1, 0.15) is 32.1 Å². The average molecular weight is 1640 g/mol. The van der Waals surface area contributed by atoms with Crippen molar-refractivity contribution < 1.29 is 124 Å². The first-order chi connectivity index (χ1) is 55.2. The summed E-state index contributed by atoms with van der Waals surface area (Å²) in [6, 6.07) is 31.9. The van der Waals surface area contributed by atoms with Crippen molar-refractivity contribution >= 4 is 153 Å². The van der Waals surface area contributed by atoms with Crippen LogP contribution in [0.4, 0.5) is 48.6 Å². The molecule has 5 amide bonds. The van der Waals surface area contributed by atoms with Crippen molar-refractivity contribution in [1.29, 1.82) is 0 Å². The number of ether oxygens (including phenoxy) is 4. The van der Waals surface area contributed by atoms with Gasteiger partial charge in [-0.25, -0.2) is 18.7 Å². The van der Waals surface area contributed by atoms with Crippen molar-refractivity contribution in [2.24, 2.45) is 14.1 Å². The summed E-state index contributed by atoms with van der Waals surface area (Å²) in [5.74, 6) is -5.05. The standard InChI is InChI=1S/C25H19FN6O3S.C17H13FN4OS.C9H10N2O3.2C8H8N2O3.C5H6N2.C4H5ClO3.2Li/c1-32-11-10-29-25(32)21-13-18-24(36-21)20(6-9-28-18)35-19-3-2-16(12-17(19)26)31-23(34)14-22(33)30-15-4-7-27-8-5-15;1-22-7-6-21-17(22)15-9-12-16(24-15)14(4-5-20-12)23-13-3-2-10(19)8-11(13)18;1-14-9(13)6-8(12)11-7-2-4-10-5-3-7;2*11-7(5-8(12)13)10-6-1-3-9-4-2-6;6-5-1-3-7-4-2-5;1-8-4(7)2-3(5)6;;/h2-13H,14H2,1H3,(H,31,34)(H,27,30,33);2-9H,19H2,1H3;2-5H,6H2,1H3,(H,10,11,12);2*1-4H,5H2,(H,12,13)(H,9,10,11);1-4H,(H2,6,7);2H2,1H3;;/q;;;;;;;2*+1/p-2. The molecule has 13 aromatic rings. The third kappa shape index (κ3) is 33.1. The summed E-state index contributed by atoms with van der Waals surface area (Å²) in [4.78, 5) is 146. The number of nitrogen functional groups attached to an aromatic ring is 2. The van der Waals surface area contributed by atoms with E-state index < -0.39 is 89.6 Å². The molecule has 0 aliphatic rings. The maximum absolute atomic E-state index is 14.8. The molecule has 0 fully saturated rings. The minimum absolute atomic E-state index is 0. The Morgan fingerprint density at radius 3 is 1.06 bits per heavy atom. The van der Waals surface area contributed by atoms with Crippen molar-refractivity contribution in [1.82, 2.24) is 54.0 Å². The van der Waals surface area contributed by atoms with E-state index in [0.29, 0.717) is 45.5 Å². The van der Waals surface area contributed by atoms with Gasteiger partial charge < -0.3 is 85.9 Å². The number of carbonyl (C=O) groups is 10. The van der Waals surface area contributed by atoms with Crippen LogP contribution in [-0.2, 0) is 71.5 Å². The Bertz CT molecular complexity index is 5400. The van der Waals surface area contributed by atoms with Crippen molar-refractivity contribution in [2.45, 2.75) is 32.1 Å². The zero-order chi connectivity index (χ0) is 83.2. The van der Waals surface area contributed by atoms with Gasteiger partial charge in [0.1, 0.15) is 42.4 Å². The van der Waals surface area contributed by atoms with E-state index >= 15 is 0 Å². The van der Waals surface area contributed by atoms with Crippen LogP contribution in [0.25, 0.3) is 41.8 Å². The van der Waals surface area contributed by atoms with Gasteiger partial charge in [0.05, 0.1) is 69.2 Å². The van der Waals surface area contributed by atoms with Gasteiger partial charge >= 0.3 is 49.7 Å². The van der Waals surface area contributed by atoms with Crippen molar-refractivity contribution in [3.63, 3.8) is 0 Å². The molecule has 11 heterocycles. The number of methoxy groups -OCH3 is 2. The predicted octanol–water partition coefficient (Wildman–Crippen LogP) is 3.09. The molecular weight excluding hydrogens is 1570 g/mol. The maximum Gasteiger partial charge on any atom is 1.00 e. The molecule has 11 aromatic heterocycles. The van der Waals surface area contributed by atoms with Crippen molar-refractivity contribution in [2.75, 3.05) is 52.3 Å². The van der Waals surface area contributed by atoms with Gasteiger partial charge in [0.15, 0.2) is 23.1 Å². The van der Waals surface area contributed by atoms with Gasteiger partial charge in [-0.15, -0.1) is 22.7 Å². The van der Waals surface area contributed by atoms with Gasteiger partial charge in [0.2, 0.25) is 34.8 Å². The third-order valence-electron chi connectivity index (χ3n) is 14.0. The number of carboxylic acids is 2. The normalized spacial score (nSPS) is 9.84. The Labute approximate surface area is 701 Å². The number of hydrogen-bond donors (Lipinski definition) is 7. The van der Waals surface area contributed by atoms with E-state index in [4.69, 9.17) is 32.5 Å². The first-order valence-corrected chi connectivity index (χ1v) is 35.1. The summed E-state index contributed by atoms with van der Waals surface area (Å²) in [6.45, 7) is 0. The Balaban J connectivity index is 0.000000262. The fourth-order valence-electron chi connectivity index (χ4n) is 8.84. The van der Waals surface area contributed by atoms with Crippen LogP contribution in [0.3, 0.4) is 0 Å². The second kappa shape index (κ2) is 49.0. The van der Waals surface area contributed by atoms with E-state index in [0.717, 1.165) is 48.1 Å². The van der Waals surface area contributed by atoms with Gasteiger partial charge in [-0.3, -0.25) is 73.2 Å². The molecule has 0 saturated heterocycles. The molecule has 0 saturated carbocycles. The monoisotopic (exact) mass is 1640 g/mol. The van der Waals surface area contributed by atoms with E-state index in [2.05, 4.69) is 80.9 Å².